The fourth-order valence-electron chi connectivity index (χ4n) is 0.717. The van der Waals surface area contributed by atoms with Gasteiger partial charge in [0, 0.05) is 12.6 Å². The van der Waals surface area contributed by atoms with Gasteiger partial charge in [0.25, 0.3) is 0 Å². The second-order valence-corrected chi connectivity index (χ2v) is 3.26. The van der Waals surface area contributed by atoms with Gasteiger partial charge in [-0.2, -0.15) is 0 Å². The largest absolute Gasteiger partial charge is 0.394 e. The SMILES string of the molecule is OCC(O)CNc1cc(Br)ncn1. The first-order valence-electron chi connectivity index (χ1n) is 3.72. The highest BCUT2D eigenvalue weighted by molar-refractivity contribution is 9.10. The third kappa shape index (κ3) is 3.67. The zero-order chi connectivity index (χ0) is 9.68. The van der Waals surface area contributed by atoms with E-state index in [9.17, 15) is 0 Å². The maximum absolute atomic E-state index is 9.02. The van der Waals surface area contributed by atoms with Gasteiger partial charge in [0.15, 0.2) is 0 Å². The molecule has 0 bridgehead atoms. The molecule has 1 heterocycles. The smallest absolute Gasteiger partial charge is 0.130 e. The molecule has 0 saturated heterocycles. The van der Waals surface area contributed by atoms with E-state index in [1.807, 2.05) is 0 Å². The van der Waals surface area contributed by atoms with Crippen molar-refractivity contribution in [3.63, 3.8) is 0 Å². The minimum atomic E-state index is -0.770. The molecule has 13 heavy (non-hydrogen) atoms. The summed E-state index contributed by atoms with van der Waals surface area (Å²) in [4.78, 5) is 7.74. The lowest BCUT2D eigenvalue weighted by Gasteiger charge is -2.08. The van der Waals surface area contributed by atoms with Gasteiger partial charge in [-0.15, -0.1) is 0 Å². The van der Waals surface area contributed by atoms with E-state index in [0.29, 0.717) is 10.4 Å². The Morgan fingerprint density at radius 3 is 2.92 bits per heavy atom. The highest BCUT2D eigenvalue weighted by Gasteiger charge is 2.01. The molecule has 1 unspecified atom stereocenters. The van der Waals surface area contributed by atoms with Gasteiger partial charge in [0.05, 0.1) is 12.7 Å². The van der Waals surface area contributed by atoms with E-state index in [-0.39, 0.29) is 13.2 Å². The molecule has 1 aromatic rings. The number of anilines is 1. The second kappa shape index (κ2) is 5.11. The van der Waals surface area contributed by atoms with E-state index in [4.69, 9.17) is 10.2 Å². The highest BCUT2D eigenvalue weighted by Crippen LogP contribution is 2.08. The van der Waals surface area contributed by atoms with Gasteiger partial charge in [0.1, 0.15) is 16.7 Å². The van der Waals surface area contributed by atoms with Crippen LogP contribution in [0.3, 0.4) is 0 Å². The van der Waals surface area contributed by atoms with Crippen molar-refractivity contribution in [2.45, 2.75) is 6.10 Å². The Labute approximate surface area is 84.0 Å². The Morgan fingerprint density at radius 1 is 1.54 bits per heavy atom. The molecule has 0 aliphatic heterocycles. The fraction of sp³-hybridized carbons (Fsp3) is 0.429. The van der Waals surface area contributed by atoms with Crippen LogP contribution < -0.4 is 5.32 Å². The quantitative estimate of drug-likeness (QED) is 0.654. The zero-order valence-electron chi connectivity index (χ0n) is 6.81. The van der Waals surface area contributed by atoms with E-state index in [2.05, 4.69) is 31.2 Å². The zero-order valence-corrected chi connectivity index (χ0v) is 8.40. The molecule has 0 radical (unpaired) electrons. The molecule has 0 amide bonds. The summed E-state index contributed by atoms with van der Waals surface area (Å²) in [6.07, 6.45) is 0.631. The molecule has 0 aromatic carbocycles. The number of nitrogens with one attached hydrogen (secondary N) is 1. The molecule has 0 saturated carbocycles. The van der Waals surface area contributed by atoms with Crippen LogP contribution >= 0.6 is 15.9 Å². The molecule has 0 aliphatic rings. The van der Waals surface area contributed by atoms with Crippen LogP contribution in [0.1, 0.15) is 0 Å². The van der Waals surface area contributed by atoms with E-state index in [0.717, 1.165) is 0 Å². The molecule has 0 fully saturated rings. The third-order valence-corrected chi connectivity index (χ3v) is 1.80. The summed E-state index contributed by atoms with van der Waals surface area (Å²) >= 11 is 3.18. The number of hydrogen-bond acceptors (Lipinski definition) is 5. The molecule has 1 rings (SSSR count). The molecule has 0 aliphatic carbocycles. The van der Waals surface area contributed by atoms with Crippen molar-refractivity contribution in [2.75, 3.05) is 18.5 Å². The van der Waals surface area contributed by atoms with Crippen molar-refractivity contribution >= 4 is 21.7 Å². The van der Waals surface area contributed by atoms with Crippen LogP contribution in [0.5, 0.6) is 0 Å². The molecule has 3 N–H and O–H groups in total. The highest BCUT2D eigenvalue weighted by atomic mass is 79.9. The Morgan fingerprint density at radius 2 is 2.31 bits per heavy atom. The third-order valence-electron chi connectivity index (χ3n) is 1.36. The van der Waals surface area contributed by atoms with Crippen LogP contribution in [0.2, 0.25) is 0 Å². The first kappa shape index (κ1) is 10.4. The Balaban J connectivity index is 2.45. The van der Waals surface area contributed by atoms with Gasteiger partial charge in [-0.1, -0.05) is 0 Å². The number of halogens is 1. The summed E-state index contributed by atoms with van der Waals surface area (Å²) in [5.41, 5.74) is 0. The number of nitrogens with zero attached hydrogens (tertiary/aromatic N) is 2. The summed E-state index contributed by atoms with van der Waals surface area (Å²) < 4.78 is 0.670. The minimum absolute atomic E-state index is 0.264. The molecule has 5 nitrogen and oxygen atoms in total. The number of aliphatic hydroxyl groups excluding tert-OH is 2. The van der Waals surface area contributed by atoms with E-state index < -0.39 is 6.10 Å². The van der Waals surface area contributed by atoms with E-state index in [1.165, 1.54) is 6.33 Å². The summed E-state index contributed by atoms with van der Waals surface area (Å²) in [7, 11) is 0. The minimum Gasteiger partial charge on any atom is -0.394 e. The van der Waals surface area contributed by atoms with Crippen molar-refractivity contribution in [3.8, 4) is 0 Å². The van der Waals surface area contributed by atoms with Crippen molar-refractivity contribution in [1.29, 1.82) is 0 Å². The van der Waals surface area contributed by atoms with Gasteiger partial charge in [0.2, 0.25) is 0 Å². The molecule has 1 aromatic heterocycles. The standard InChI is InChI=1S/C7H10BrN3O2/c8-6-1-7(11-4-10-6)9-2-5(13)3-12/h1,4-5,12-13H,2-3H2,(H,9,10,11). The monoisotopic (exact) mass is 247 g/mol. The van der Waals surface area contributed by atoms with Crippen LogP contribution in [-0.4, -0.2) is 39.4 Å². The number of aromatic nitrogens is 2. The molecular formula is C7H10BrN3O2. The first-order valence-corrected chi connectivity index (χ1v) is 4.52. The van der Waals surface area contributed by atoms with Crippen molar-refractivity contribution in [2.24, 2.45) is 0 Å². The lowest BCUT2D eigenvalue weighted by Crippen LogP contribution is -2.23. The van der Waals surface area contributed by atoms with Crippen LogP contribution in [0.25, 0.3) is 0 Å². The van der Waals surface area contributed by atoms with Gasteiger partial charge in [-0.3, -0.25) is 0 Å². The fourth-order valence-corrected chi connectivity index (χ4v) is 1.03. The van der Waals surface area contributed by atoms with Crippen molar-refractivity contribution in [1.82, 2.24) is 9.97 Å². The maximum atomic E-state index is 9.02. The topological polar surface area (TPSA) is 78.3 Å². The van der Waals surface area contributed by atoms with E-state index in [1.54, 1.807) is 6.07 Å². The molecule has 0 spiro atoms. The average Bonchev–Trinajstić information content (AvgIpc) is 2.14. The Hall–Kier alpha value is -0.720. The van der Waals surface area contributed by atoms with Gasteiger partial charge < -0.3 is 15.5 Å². The maximum Gasteiger partial charge on any atom is 0.130 e. The van der Waals surface area contributed by atoms with Crippen molar-refractivity contribution < 1.29 is 10.2 Å². The summed E-state index contributed by atoms with van der Waals surface area (Å²) in [6.45, 7) is -0.000787. The van der Waals surface area contributed by atoms with Gasteiger partial charge in [-0.25, -0.2) is 9.97 Å². The first-order chi connectivity index (χ1) is 6.22. The lowest BCUT2D eigenvalue weighted by atomic mass is 10.4. The summed E-state index contributed by atoms with van der Waals surface area (Å²) in [5, 5.41) is 20.4. The summed E-state index contributed by atoms with van der Waals surface area (Å²) in [5.74, 6) is 0.606. The number of aliphatic hydroxyl groups is 2. The predicted octanol–water partition coefficient (Wildman–Crippen LogP) is 0.00420. The van der Waals surface area contributed by atoms with Crippen LogP contribution in [0.15, 0.2) is 17.0 Å². The summed E-state index contributed by atoms with van der Waals surface area (Å²) in [6, 6.07) is 1.68. The average molecular weight is 248 g/mol. The molecule has 6 heteroatoms. The predicted molar refractivity (Wildman–Crippen MR) is 51.3 cm³/mol. The van der Waals surface area contributed by atoms with Crippen molar-refractivity contribution in [3.05, 3.63) is 17.0 Å². The normalized spacial score (nSPS) is 12.5. The van der Waals surface area contributed by atoms with Crippen LogP contribution in [0, 0.1) is 0 Å². The Kier molecular flexibility index (Phi) is 4.07. The van der Waals surface area contributed by atoms with Crippen LogP contribution in [0.4, 0.5) is 5.82 Å². The number of rotatable bonds is 4. The second-order valence-electron chi connectivity index (χ2n) is 2.44. The number of hydrogen-bond donors (Lipinski definition) is 3. The molecule has 1 atom stereocenters. The lowest BCUT2D eigenvalue weighted by molar-refractivity contribution is 0.105. The molecular weight excluding hydrogens is 238 g/mol. The molecule has 72 valence electrons. The van der Waals surface area contributed by atoms with Gasteiger partial charge in [-0.05, 0) is 15.9 Å². The van der Waals surface area contributed by atoms with E-state index >= 15 is 0 Å². The Bertz CT molecular complexity index is 272. The van der Waals surface area contributed by atoms with Crippen LogP contribution in [-0.2, 0) is 0 Å². The van der Waals surface area contributed by atoms with Gasteiger partial charge >= 0.3 is 0 Å².